The summed E-state index contributed by atoms with van der Waals surface area (Å²) in [5, 5.41) is 4.07. The molecule has 0 saturated carbocycles. The van der Waals surface area contributed by atoms with Crippen molar-refractivity contribution in [3.8, 4) is 11.4 Å². The van der Waals surface area contributed by atoms with Crippen LogP contribution in [-0.2, 0) is 11.3 Å². The number of benzene rings is 1. The summed E-state index contributed by atoms with van der Waals surface area (Å²) < 4.78 is 5.35. The predicted octanol–water partition coefficient (Wildman–Crippen LogP) is 2.46. The molecule has 1 aliphatic rings. The van der Waals surface area contributed by atoms with E-state index in [0.29, 0.717) is 18.3 Å². The number of aromatic nitrogens is 2. The lowest BCUT2D eigenvalue weighted by atomic mass is 10.00. The van der Waals surface area contributed by atoms with Gasteiger partial charge in [-0.15, -0.1) is 0 Å². The van der Waals surface area contributed by atoms with Crippen molar-refractivity contribution in [2.24, 2.45) is 5.92 Å². The topological polar surface area (TPSA) is 59.2 Å². The maximum Gasteiger partial charge on any atom is 0.241 e. The average Bonchev–Trinajstić information content (AvgIpc) is 2.96. The molecule has 1 aliphatic heterocycles. The van der Waals surface area contributed by atoms with E-state index in [1.54, 1.807) is 0 Å². The van der Waals surface area contributed by atoms with Gasteiger partial charge in [0.05, 0.1) is 6.54 Å². The Bertz CT molecular complexity index is 623. The Morgan fingerprint density at radius 2 is 2.29 bits per heavy atom. The summed E-state index contributed by atoms with van der Waals surface area (Å²) in [5.74, 6) is 1.38. The van der Waals surface area contributed by atoms with Gasteiger partial charge in [-0.2, -0.15) is 4.98 Å². The van der Waals surface area contributed by atoms with Gasteiger partial charge in [-0.1, -0.05) is 29.4 Å². The van der Waals surface area contributed by atoms with E-state index in [4.69, 9.17) is 4.52 Å². The van der Waals surface area contributed by atoms with Crippen molar-refractivity contribution in [1.29, 1.82) is 0 Å². The molecule has 2 aromatic rings. The van der Waals surface area contributed by atoms with Gasteiger partial charge in [0.1, 0.15) is 6.29 Å². The fraction of sp³-hybridized carbons (Fsp3) is 0.438. The first-order valence-electron chi connectivity index (χ1n) is 7.32. The van der Waals surface area contributed by atoms with Crippen LogP contribution in [0.4, 0.5) is 0 Å². The van der Waals surface area contributed by atoms with E-state index in [1.807, 2.05) is 31.2 Å². The number of rotatable bonds is 4. The number of aldehydes is 1. The Balaban J connectivity index is 1.71. The molecule has 110 valence electrons. The molecule has 0 radical (unpaired) electrons. The number of piperidine rings is 1. The molecule has 0 spiro atoms. The lowest BCUT2D eigenvalue weighted by Gasteiger charge is -2.28. The molecule has 1 saturated heterocycles. The van der Waals surface area contributed by atoms with Crippen LogP contribution in [0.15, 0.2) is 28.8 Å². The van der Waals surface area contributed by atoms with Crippen LogP contribution in [0.25, 0.3) is 11.4 Å². The van der Waals surface area contributed by atoms with E-state index in [1.165, 1.54) is 0 Å². The third-order valence-corrected chi connectivity index (χ3v) is 3.95. The van der Waals surface area contributed by atoms with Gasteiger partial charge >= 0.3 is 0 Å². The monoisotopic (exact) mass is 285 g/mol. The fourth-order valence-corrected chi connectivity index (χ4v) is 2.79. The highest BCUT2D eigenvalue weighted by Crippen LogP contribution is 2.21. The summed E-state index contributed by atoms with van der Waals surface area (Å²) in [6.45, 7) is 4.41. The molecule has 5 nitrogen and oxygen atoms in total. The van der Waals surface area contributed by atoms with Gasteiger partial charge in [0.25, 0.3) is 0 Å². The van der Waals surface area contributed by atoms with Crippen molar-refractivity contribution >= 4 is 6.29 Å². The first-order chi connectivity index (χ1) is 10.3. The summed E-state index contributed by atoms with van der Waals surface area (Å²) in [4.78, 5) is 17.6. The van der Waals surface area contributed by atoms with Crippen molar-refractivity contribution in [2.75, 3.05) is 13.1 Å². The number of carbonyl (C=O) groups is 1. The minimum absolute atomic E-state index is 0.137. The standard InChI is InChI=1S/C16H19N3O2/c1-12-5-2-3-7-14(12)16-17-15(21-18-16)10-19-8-4-6-13(9-19)11-20/h2-3,5,7,11,13H,4,6,8-10H2,1H3. The smallest absolute Gasteiger partial charge is 0.241 e. The Morgan fingerprint density at radius 1 is 1.43 bits per heavy atom. The maximum atomic E-state index is 10.9. The molecule has 1 fully saturated rings. The van der Waals surface area contributed by atoms with Crippen molar-refractivity contribution in [1.82, 2.24) is 15.0 Å². The summed E-state index contributed by atoms with van der Waals surface area (Å²) in [6, 6.07) is 7.99. The number of aryl methyl sites for hydroxylation is 1. The number of nitrogens with zero attached hydrogens (tertiary/aromatic N) is 3. The largest absolute Gasteiger partial charge is 0.338 e. The SMILES string of the molecule is Cc1ccccc1-c1noc(CN2CCCC(C=O)C2)n1. The van der Waals surface area contributed by atoms with Gasteiger partial charge in [0.15, 0.2) is 0 Å². The van der Waals surface area contributed by atoms with Crippen LogP contribution in [0.3, 0.4) is 0 Å². The molecule has 1 atom stereocenters. The minimum atomic E-state index is 0.137. The molecule has 1 unspecified atom stereocenters. The summed E-state index contributed by atoms with van der Waals surface area (Å²) in [6.07, 6.45) is 3.08. The second kappa shape index (κ2) is 6.18. The normalized spacial score (nSPS) is 19.6. The first-order valence-corrected chi connectivity index (χ1v) is 7.32. The molecule has 1 aromatic carbocycles. The van der Waals surface area contributed by atoms with E-state index in [2.05, 4.69) is 15.0 Å². The number of likely N-dealkylation sites (tertiary alicyclic amines) is 1. The number of carbonyl (C=O) groups excluding carboxylic acids is 1. The summed E-state index contributed by atoms with van der Waals surface area (Å²) in [7, 11) is 0. The molecule has 1 aromatic heterocycles. The molecular formula is C16H19N3O2. The Hall–Kier alpha value is -2.01. The summed E-state index contributed by atoms with van der Waals surface area (Å²) >= 11 is 0. The zero-order chi connectivity index (χ0) is 14.7. The average molecular weight is 285 g/mol. The van der Waals surface area contributed by atoms with Gasteiger partial charge in [0.2, 0.25) is 11.7 Å². The maximum absolute atomic E-state index is 10.9. The lowest BCUT2D eigenvalue weighted by molar-refractivity contribution is -0.112. The van der Waals surface area contributed by atoms with Crippen LogP contribution in [0.5, 0.6) is 0 Å². The molecule has 3 rings (SSSR count). The van der Waals surface area contributed by atoms with Crippen LogP contribution < -0.4 is 0 Å². The molecule has 0 N–H and O–H groups in total. The predicted molar refractivity (Wildman–Crippen MR) is 78.5 cm³/mol. The first kappa shape index (κ1) is 13.9. The Labute approximate surface area is 124 Å². The van der Waals surface area contributed by atoms with Gasteiger partial charge < -0.3 is 9.32 Å². The third kappa shape index (κ3) is 3.19. The van der Waals surface area contributed by atoms with E-state index >= 15 is 0 Å². The van der Waals surface area contributed by atoms with Crippen molar-refractivity contribution in [3.63, 3.8) is 0 Å². The van der Waals surface area contributed by atoms with E-state index in [-0.39, 0.29) is 5.92 Å². The van der Waals surface area contributed by atoms with Gasteiger partial charge in [0, 0.05) is 18.0 Å². The fourth-order valence-electron chi connectivity index (χ4n) is 2.79. The molecular weight excluding hydrogens is 266 g/mol. The van der Waals surface area contributed by atoms with Crippen LogP contribution >= 0.6 is 0 Å². The van der Waals surface area contributed by atoms with Crippen molar-refractivity contribution < 1.29 is 9.32 Å². The highest BCUT2D eigenvalue weighted by Gasteiger charge is 2.21. The van der Waals surface area contributed by atoms with Crippen LogP contribution in [-0.4, -0.2) is 34.4 Å². The van der Waals surface area contributed by atoms with Gasteiger partial charge in [-0.25, -0.2) is 0 Å². The zero-order valence-corrected chi connectivity index (χ0v) is 12.2. The number of hydrogen-bond acceptors (Lipinski definition) is 5. The van der Waals surface area contributed by atoms with Crippen LogP contribution in [0.1, 0.15) is 24.3 Å². The van der Waals surface area contributed by atoms with Crippen LogP contribution in [0.2, 0.25) is 0 Å². The molecule has 0 amide bonds. The molecule has 0 bridgehead atoms. The Morgan fingerprint density at radius 3 is 3.10 bits per heavy atom. The lowest BCUT2D eigenvalue weighted by Crippen LogP contribution is -2.35. The van der Waals surface area contributed by atoms with Gasteiger partial charge in [-0.05, 0) is 31.9 Å². The van der Waals surface area contributed by atoms with E-state index in [9.17, 15) is 4.79 Å². The zero-order valence-electron chi connectivity index (χ0n) is 12.2. The second-order valence-electron chi connectivity index (χ2n) is 5.60. The Kier molecular flexibility index (Phi) is 4.10. The quantitative estimate of drug-likeness (QED) is 0.808. The summed E-state index contributed by atoms with van der Waals surface area (Å²) in [5.41, 5.74) is 2.13. The molecule has 5 heteroatoms. The number of hydrogen-bond donors (Lipinski definition) is 0. The second-order valence-corrected chi connectivity index (χ2v) is 5.60. The molecule has 0 aliphatic carbocycles. The molecule has 2 heterocycles. The minimum Gasteiger partial charge on any atom is -0.338 e. The molecule has 21 heavy (non-hydrogen) atoms. The van der Waals surface area contributed by atoms with Crippen molar-refractivity contribution in [2.45, 2.75) is 26.3 Å². The van der Waals surface area contributed by atoms with Crippen molar-refractivity contribution in [3.05, 3.63) is 35.7 Å². The van der Waals surface area contributed by atoms with E-state index < -0.39 is 0 Å². The van der Waals surface area contributed by atoms with Crippen LogP contribution in [0, 0.1) is 12.8 Å². The highest BCUT2D eigenvalue weighted by atomic mass is 16.5. The highest BCUT2D eigenvalue weighted by molar-refractivity contribution is 5.58. The van der Waals surface area contributed by atoms with E-state index in [0.717, 1.165) is 43.3 Å². The third-order valence-electron chi connectivity index (χ3n) is 3.95. The van der Waals surface area contributed by atoms with Gasteiger partial charge in [-0.3, -0.25) is 4.90 Å².